The summed E-state index contributed by atoms with van der Waals surface area (Å²) in [6.07, 6.45) is 0. The van der Waals surface area contributed by atoms with Crippen LogP contribution in [0.5, 0.6) is 11.5 Å². The molecule has 0 atom stereocenters. The number of nitrogens with one attached hydrogen (secondary N) is 2. The summed E-state index contributed by atoms with van der Waals surface area (Å²) < 4.78 is 10.8. The second-order valence-electron chi connectivity index (χ2n) is 9.16. The Morgan fingerprint density at radius 1 is 0.500 bits per heavy atom. The number of aromatic amines is 2. The van der Waals surface area contributed by atoms with Crippen LogP contribution in [0.4, 0.5) is 0 Å². The summed E-state index contributed by atoms with van der Waals surface area (Å²) in [6, 6.07) is 16.5. The van der Waals surface area contributed by atoms with Crippen molar-refractivity contribution in [1.29, 1.82) is 0 Å². The zero-order chi connectivity index (χ0) is 26.3. The third-order valence-corrected chi connectivity index (χ3v) is 7.31. The van der Waals surface area contributed by atoms with Crippen LogP contribution in [-0.2, 0) is 0 Å². The first kappa shape index (κ1) is 22.0. The van der Waals surface area contributed by atoms with Gasteiger partial charge in [-0.25, -0.2) is 0 Å². The van der Waals surface area contributed by atoms with Gasteiger partial charge in [-0.05, 0) is 24.3 Å². The van der Waals surface area contributed by atoms with Gasteiger partial charge in [-0.1, -0.05) is 24.3 Å². The molecular weight excluding hydrogens is 484 g/mol. The molecule has 0 saturated heterocycles. The molecule has 2 N–H and O–H groups in total. The van der Waals surface area contributed by atoms with Crippen molar-refractivity contribution in [3.63, 3.8) is 0 Å². The third kappa shape index (κ3) is 2.68. The van der Waals surface area contributed by atoms with Crippen LogP contribution in [0.25, 0.3) is 65.2 Å². The van der Waals surface area contributed by atoms with Gasteiger partial charge in [0.05, 0.1) is 19.6 Å². The number of hydrogen-bond donors (Lipinski definition) is 0. The molecule has 0 bridgehead atoms. The van der Waals surface area contributed by atoms with Gasteiger partial charge in [0.15, 0.2) is 22.4 Å². The van der Waals surface area contributed by atoms with E-state index in [1.807, 2.05) is 0 Å². The number of aromatic nitrogens is 2. The summed E-state index contributed by atoms with van der Waals surface area (Å²) in [5.41, 5.74) is 0.707. The van der Waals surface area contributed by atoms with Gasteiger partial charge in [0.25, 0.3) is 22.1 Å². The van der Waals surface area contributed by atoms with E-state index in [0.717, 1.165) is 0 Å². The average Bonchev–Trinajstić information content (AvgIpc) is 2.95. The second kappa shape index (κ2) is 7.63. The Bertz CT molecular complexity index is 2410. The molecule has 8 heteroatoms. The maximum Gasteiger partial charge on any atom is 0.288 e. The molecule has 0 spiro atoms. The van der Waals surface area contributed by atoms with Crippen LogP contribution < -0.4 is 41.2 Å². The van der Waals surface area contributed by atoms with Crippen molar-refractivity contribution in [2.75, 3.05) is 14.2 Å². The van der Waals surface area contributed by atoms with Gasteiger partial charge in [-0.3, -0.25) is 19.2 Å². The molecule has 0 unspecified atom stereocenters. The highest BCUT2D eigenvalue weighted by Gasteiger charge is 2.26. The molecule has 6 aromatic carbocycles. The van der Waals surface area contributed by atoms with Gasteiger partial charge >= 0.3 is 0 Å². The minimum absolute atomic E-state index is 0.158. The predicted octanol–water partition coefficient (Wildman–Crippen LogP) is 2.57. The highest BCUT2D eigenvalue weighted by molar-refractivity contribution is 6.11. The summed E-state index contributed by atoms with van der Waals surface area (Å²) in [5, 5.41) is 2.11. The zero-order valence-corrected chi connectivity index (χ0v) is 20.2. The van der Waals surface area contributed by atoms with Gasteiger partial charge in [-0.2, -0.15) is 9.97 Å². The SMILES string of the molecule is COc1ccc2c(=O)c3c(ccc4[nH+]c5c(ccc6c(=O)c7ccccc7c(=O)c65)[nH+]c43)c(=O)c2c1OC. The van der Waals surface area contributed by atoms with Gasteiger partial charge in [0, 0.05) is 39.1 Å². The van der Waals surface area contributed by atoms with E-state index in [-0.39, 0.29) is 54.4 Å². The van der Waals surface area contributed by atoms with Crippen LogP contribution >= 0.6 is 0 Å². The van der Waals surface area contributed by atoms with E-state index in [4.69, 9.17) is 9.47 Å². The second-order valence-corrected chi connectivity index (χ2v) is 9.16. The van der Waals surface area contributed by atoms with Gasteiger partial charge in [0.1, 0.15) is 10.8 Å². The normalized spacial score (nSPS) is 11.8. The van der Waals surface area contributed by atoms with Gasteiger partial charge in [0.2, 0.25) is 10.9 Å². The van der Waals surface area contributed by atoms with Crippen molar-refractivity contribution < 1.29 is 19.4 Å². The van der Waals surface area contributed by atoms with E-state index in [2.05, 4.69) is 9.97 Å². The molecule has 0 radical (unpaired) electrons. The van der Waals surface area contributed by atoms with Crippen molar-refractivity contribution in [1.82, 2.24) is 0 Å². The molecule has 0 fully saturated rings. The molecule has 0 amide bonds. The Morgan fingerprint density at radius 2 is 0.974 bits per heavy atom. The lowest BCUT2D eigenvalue weighted by Crippen LogP contribution is -2.24. The maximum atomic E-state index is 13.8. The first-order chi connectivity index (χ1) is 18.4. The van der Waals surface area contributed by atoms with Crippen molar-refractivity contribution in [2.24, 2.45) is 0 Å². The maximum absolute atomic E-state index is 13.8. The molecule has 182 valence electrons. The Balaban J connectivity index is 1.67. The monoisotopic (exact) mass is 502 g/mol. The van der Waals surface area contributed by atoms with Crippen LogP contribution in [0.1, 0.15) is 0 Å². The highest BCUT2D eigenvalue weighted by atomic mass is 16.5. The smallest absolute Gasteiger partial charge is 0.288 e. The number of H-pyrrole nitrogens is 2. The lowest BCUT2D eigenvalue weighted by molar-refractivity contribution is -0.359. The number of hydrogen-bond acceptors (Lipinski definition) is 6. The van der Waals surface area contributed by atoms with Gasteiger partial charge < -0.3 is 9.47 Å². The fourth-order valence-electron chi connectivity index (χ4n) is 5.56. The first-order valence-electron chi connectivity index (χ1n) is 11.9. The number of benzene rings is 6. The van der Waals surface area contributed by atoms with E-state index in [9.17, 15) is 19.2 Å². The Morgan fingerprint density at radius 3 is 1.55 bits per heavy atom. The lowest BCUT2D eigenvalue weighted by atomic mass is 9.99. The molecule has 1 aromatic heterocycles. The average molecular weight is 502 g/mol. The molecule has 7 rings (SSSR count). The molecule has 0 aliphatic heterocycles. The fraction of sp³-hybridized carbons (Fsp3) is 0.0667. The van der Waals surface area contributed by atoms with Crippen LogP contribution in [0.15, 0.2) is 79.8 Å². The number of rotatable bonds is 2. The van der Waals surface area contributed by atoms with E-state index in [1.165, 1.54) is 14.2 Å². The van der Waals surface area contributed by atoms with Crippen LogP contribution in [0, 0.1) is 0 Å². The summed E-state index contributed by atoms with van der Waals surface area (Å²) in [5.74, 6) is 0.561. The predicted molar refractivity (Wildman–Crippen MR) is 145 cm³/mol. The Hall–Kier alpha value is -5.24. The van der Waals surface area contributed by atoms with Crippen molar-refractivity contribution in [3.8, 4) is 11.5 Å². The molecule has 38 heavy (non-hydrogen) atoms. The zero-order valence-electron chi connectivity index (χ0n) is 20.2. The Labute approximate surface area is 212 Å². The van der Waals surface area contributed by atoms with E-state index >= 15 is 0 Å². The van der Waals surface area contributed by atoms with E-state index in [0.29, 0.717) is 44.0 Å². The first-order valence-corrected chi connectivity index (χ1v) is 11.9. The van der Waals surface area contributed by atoms with E-state index < -0.39 is 0 Å². The topological polar surface area (TPSA) is 115 Å². The molecule has 0 aliphatic rings. The van der Waals surface area contributed by atoms with Crippen LogP contribution in [-0.4, -0.2) is 14.2 Å². The van der Waals surface area contributed by atoms with Crippen molar-refractivity contribution >= 4 is 65.2 Å². The largest absolute Gasteiger partial charge is 0.493 e. The van der Waals surface area contributed by atoms with Crippen molar-refractivity contribution in [2.45, 2.75) is 0 Å². The summed E-state index contributed by atoms with van der Waals surface area (Å²) in [4.78, 5) is 60.5. The number of ether oxygens (including phenoxy) is 2. The third-order valence-electron chi connectivity index (χ3n) is 7.31. The summed E-state index contributed by atoms with van der Waals surface area (Å²) in [7, 11) is 2.89. The quantitative estimate of drug-likeness (QED) is 0.265. The van der Waals surface area contributed by atoms with Crippen molar-refractivity contribution in [3.05, 3.63) is 102 Å². The minimum atomic E-state index is -0.358. The summed E-state index contributed by atoms with van der Waals surface area (Å²) >= 11 is 0. The van der Waals surface area contributed by atoms with E-state index in [1.54, 1.807) is 60.7 Å². The fourth-order valence-corrected chi connectivity index (χ4v) is 5.56. The molecule has 0 aliphatic carbocycles. The minimum Gasteiger partial charge on any atom is -0.493 e. The molecule has 0 saturated carbocycles. The molecular formula is C30H18N2O6+2. The standard InChI is InChI=1S/C30H16N2O6/c1-37-20-12-9-17-23(30(20)38-2)29(36)16-8-11-19-25(22(16)28(17)35)32-18-10-7-15-21(24(18)31-19)27(34)14-6-4-3-5-13(14)26(15)33/h3-12H,1-2H3/p+2. The van der Waals surface area contributed by atoms with Crippen LogP contribution in [0.3, 0.4) is 0 Å². The van der Waals surface area contributed by atoms with Crippen LogP contribution in [0.2, 0.25) is 0 Å². The number of fused-ring (bicyclic) bond motifs is 8. The highest BCUT2D eigenvalue weighted by Crippen LogP contribution is 2.33. The summed E-state index contributed by atoms with van der Waals surface area (Å²) in [6.45, 7) is 0. The molecule has 1 heterocycles. The lowest BCUT2D eigenvalue weighted by Gasteiger charge is -2.10. The number of methoxy groups -OCH3 is 2. The Kier molecular flexibility index (Phi) is 4.42. The molecule has 8 nitrogen and oxygen atoms in total. The van der Waals surface area contributed by atoms with Gasteiger partial charge in [-0.15, -0.1) is 0 Å². The molecule has 7 aromatic rings.